The maximum atomic E-state index is 12.3. The molecule has 0 spiro atoms. The van der Waals surface area contributed by atoms with E-state index < -0.39 is 0 Å². The van der Waals surface area contributed by atoms with Crippen LogP contribution < -0.4 is 5.32 Å². The van der Waals surface area contributed by atoms with E-state index in [4.69, 9.17) is 0 Å². The van der Waals surface area contributed by atoms with Crippen LogP contribution in [-0.2, 0) is 17.9 Å². The molecule has 0 aliphatic carbocycles. The fourth-order valence-electron chi connectivity index (χ4n) is 2.05. The van der Waals surface area contributed by atoms with Crippen LogP contribution in [0.2, 0.25) is 0 Å². The van der Waals surface area contributed by atoms with Crippen molar-refractivity contribution < 1.29 is 9.59 Å². The number of benzene rings is 1. The zero-order valence-electron chi connectivity index (χ0n) is 13.0. The molecule has 0 bridgehead atoms. The van der Waals surface area contributed by atoms with Gasteiger partial charge < -0.3 is 5.32 Å². The zero-order valence-corrected chi connectivity index (χ0v) is 13.8. The quantitative estimate of drug-likeness (QED) is 0.692. The van der Waals surface area contributed by atoms with Crippen LogP contribution in [0.4, 0.5) is 0 Å². The average molecular weight is 341 g/mol. The number of hydrogen-bond acceptors (Lipinski definition) is 6. The van der Waals surface area contributed by atoms with Gasteiger partial charge in [-0.15, -0.1) is 21.5 Å². The maximum Gasteiger partial charge on any atom is 0.217 e. The predicted molar refractivity (Wildman–Crippen MR) is 89.4 cm³/mol. The second-order valence-corrected chi connectivity index (χ2v) is 6.28. The summed E-state index contributed by atoms with van der Waals surface area (Å²) in [5.41, 5.74) is 0.852. The monoisotopic (exact) mass is 341 g/mol. The van der Waals surface area contributed by atoms with Crippen molar-refractivity contribution in [1.82, 2.24) is 25.5 Å². The van der Waals surface area contributed by atoms with Gasteiger partial charge in [-0.25, -0.2) is 0 Å². The molecule has 2 aromatic heterocycles. The summed E-state index contributed by atoms with van der Waals surface area (Å²) >= 11 is 1.35. The summed E-state index contributed by atoms with van der Waals surface area (Å²) in [6.45, 7) is 1.91. The van der Waals surface area contributed by atoms with Crippen molar-refractivity contribution in [2.24, 2.45) is 0 Å². The Morgan fingerprint density at radius 2 is 1.96 bits per heavy atom. The first-order valence-corrected chi connectivity index (χ1v) is 8.13. The Bertz CT molecular complexity index is 856. The number of tetrazole rings is 1. The number of ketones is 1. The van der Waals surface area contributed by atoms with E-state index >= 15 is 0 Å². The van der Waals surface area contributed by atoms with Gasteiger partial charge in [-0.1, -0.05) is 30.3 Å². The van der Waals surface area contributed by atoms with E-state index in [1.54, 1.807) is 6.07 Å². The third kappa shape index (κ3) is 3.90. The van der Waals surface area contributed by atoms with Gasteiger partial charge in [0.15, 0.2) is 5.78 Å². The smallest absolute Gasteiger partial charge is 0.217 e. The van der Waals surface area contributed by atoms with Crippen molar-refractivity contribution in [3.63, 3.8) is 0 Å². The number of hydrogen-bond donors (Lipinski definition) is 1. The van der Waals surface area contributed by atoms with E-state index in [1.165, 1.54) is 23.1 Å². The Morgan fingerprint density at radius 3 is 2.71 bits per heavy atom. The number of aromatic nitrogens is 4. The Kier molecular flexibility index (Phi) is 4.76. The molecule has 122 valence electrons. The summed E-state index contributed by atoms with van der Waals surface area (Å²) in [5.74, 6) is 0.295. The van der Waals surface area contributed by atoms with Crippen molar-refractivity contribution in [3.05, 3.63) is 52.2 Å². The summed E-state index contributed by atoms with van der Waals surface area (Å²) in [6, 6.07) is 13.0. The van der Waals surface area contributed by atoms with Crippen LogP contribution in [0.1, 0.15) is 21.5 Å². The molecule has 3 aromatic rings. The van der Waals surface area contributed by atoms with Crippen molar-refractivity contribution in [3.8, 4) is 11.4 Å². The number of nitrogens with zero attached hydrogens (tertiary/aromatic N) is 4. The van der Waals surface area contributed by atoms with Gasteiger partial charge >= 0.3 is 0 Å². The third-order valence-electron chi connectivity index (χ3n) is 3.22. The van der Waals surface area contributed by atoms with E-state index in [-0.39, 0.29) is 18.2 Å². The van der Waals surface area contributed by atoms with Crippen molar-refractivity contribution in [2.45, 2.75) is 20.0 Å². The van der Waals surface area contributed by atoms with Crippen LogP contribution in [0.3, 0.4) is 0 Å². The topological polar surface area (TPSA) is 89.8 Å². The minimum atomic E-state index is -0.100. The van der Waals surface area contributed by atoms with Gasteiger partial charge in [-0.2, -0.15) is 4.80 Å². The molecule has 0 aliphatic heterocycles. The van der Waals surface area contributed by atoms with E-state index in [2.05, 4.69) is 20.7 Å². The summed E-state index contributed by atoms with van der Waals surface area (Å²) in [5, 5.41) is 14.8. The number of carbonyl (C=O) groups excluding carboxylic acids is 2. The summed E-state index contributed by atoms with van der Waals surface area (Å²) in [6.07, 6.45) is 0. The highest BCUT2D eigenvalue weighted by Crippen LogP contribution is 2.18. The number of rotatable bonds is 6. The van der Waals surface area contributed by atoms with E-state index in [0.717, 1.165) is 10.4 Å². The molecule has 0 saturated heterocycles. The predicted octanol–water partition coefficient (Wildman–Crippen LogP) is 1.92. The van der Waals surface area contributed by atoms with Gasteiger partial charge in [0.1, 0.15) is 6.54 Å². The van der Waals surface area contributed by atoms with Crippen molar-refractivity contribution in [1.29, 1.82) is 0 Å². The summed E-state index contributed by atoms with van der Waals surface area (Å²) < 4.78 is 0. The van der Waals surface area contributed by atoms with Crippen LogP contribution in [0.25, 0.3) is 11.4 Å². The molecular weight excluding hydrogens is 326 g/mol. The van der Waals surface area contributed by atoms with E-state index in [0.29, 0.717) is 17.2 Å². The minimum absolute atomic E-state index is 0.0277. The first kappa shape index (κ1) is 16.0. The molecule has 0 atom stereocenters. The molecule has 1 amide bonds. The highest BCUT2D eigenvalue weighted by molar-refractivity contribution is 7.14. The Hall–Kier alpha value is -2.87. The number of thiophene rings is 1. The molecule has 1 N–H and O–H groups in total. The maximum absolute atomic E-state index is 12.3. The van der Waals surface area contributed by atoms with Crippen LogP contribution >= 0.6 is 11.3 Å². The van der Waals surface area contributed by atoms with Crippen molar-refractivity contribution in [2.75, 3.05) is 0 Å². The van der Waals surface area contributed by atoms with Gasteiger partial charge in [-0.3, -0.25) is 9.59 Å². The van der Waals surface area contributed by atoms with Gasteiger partial charge in [0.25, 0.3) is 0 Å². The fourth-order valence-corrected chi connectivity index (χ4v) is 2.93. The average Bonchev–Trinajstić information content (AvgIpc) is 3.23. The normalized spacial score (nSPS) is 10.5. The van der Waals surface area contributed by atoms with Crippen LogP contribution in [0.15, 0.2) is 42.5 Å². The first-order chi connectivity index (χ1) is 11.6. The lowest BCUT2D eigenvalue weighted by Gasteiger charge is -1.98. The second-order valence-electron chi connectivity index (χ2n) is 5.11. The standard InChI is InChI=1S/C16H15N5O2S/c1-11(22)17-9-13-7-8-15(24-13)14(23)10-21-19-16(18-20-21)12-5-3-2-4-6-12/h2-8H,9-10H2,1H3,(H,17,22). The highest BCUT2D eigenvalue weighted by Gasteiger charge is 2.13. The molecule has 2 heterocycles. The molecule has 1 aromatic carbocycles. The van der Waals surface area contributed by atoms with E-state index in [9.17, 15) is 9.59 Å². The minimum Gasteiger partial charge on any atom is -0.351 e. The lowest BCUT2D eigenvalue weighted by Crippen LogP contribution is -2.18. The summed E-state index contributed by atoms with van der Waals surface area (Å²) in [7, 11) is 0. The lowest BCUT2D eigenvalue weighted by molar-refractivity contribution is -0.119. The number of Topliss-reactive ketones (excluding diaryl/α,β-unsaturated/α-hetero) is 1. The van der Waals surface area contributed by atoms with Crippen LogP contribution in [0.5, 0.6) is 0 Å². The Balaban J connectivity index is 1.65. The van der Waals surface area contributed by atoms with Crippen LogP contribution in [0, 0.1) is 0 Å². The molecule has 8 heteroatoms. The first-order valence-electron chi connectivity index (χ1n) is 7.31. The molecule has 0 aliphatic rings. The molecular formula is C16H15N5O2S. The molecule has 0 unspecified atom stereocenters. The van der Waals surface area contributed by atoms with Gasteiger partial charge in [-0.05, 0) is 17.3 Å². The SMILES string of the molecule is CC(=O)NCc1ccc(C(=O)Cn2nnc(-c3ccccc3)n2)s1. The number of carbonyl (C=O) groups is 2. The third-order valence-corrected chi connectivity index (χ3v) is 4.34. The summed E-state index contributed by atoms with van der Waals surface area (Å²) in [4.78, 5) is 26.0. The van der Waals surface area contributed by atoms with Gasteiger partial charge in [0, 0.05) is 17.4 Å². The molecule has 0 saturated carbocycles. The molecule has 7 nitrogen and oxygen atoms in total. The zero-order chi connectivity index (χ0) is 16.9. The lowest BCUT2D eigenvalue weighted by atomic mass is 10.2. The second kappa shape index (κ2) is 7.14. The van der Waals surface area contributed by atoms with E-state index in [1.807, 2.05) is 36.4 Å². The van der Waals surface area contributed by atoms with Crippen molar-refractivity contribution >= 4 is 23.0 Å². The number of nitrogens with one attached hydrogen (secondary N) is 1. The number of amides is 1. The Labute approximate surface area is 142 Å². The van der Waals surface area contributed by atoms with Gasteiger partial charge in [0.05, 0.1) is 11.4 Å². The largest absolute Gasteiger partial charge is 0.351 e. The van der Waals surface area contributed by atoms with Crippen LogP contribution in [-0.4, -0.2) is 31.9 Å². The fraction of sp³-hybridized carbons (Fsp3) is 0.188. The Morgan fingerprint density at radius 1 is 1.17 bits per heavy atom. The van der Waals surface area contributed by atoms with Gasteiger partial charge in [0.2, 0.25) is 11.7 Å². The molecule has 0 radical (unpaired) electrons. The molecule has 24 heavy (non-hydrogen) atoms. The highest BCUT2D eigenvalue weighted by atomic mass is 32.1. The molecule has 0 fully saturated rings. The molecule has 3 rings (SSSR count).